The van der Waals surface area contributed by atoms with Crippen molar-refractivity contribution in [2.75, 3.05) is 31.3 Å². The first-order chi connectivity index (χ1) is 7.54. The molecule has 1 aromatic rings. The van der Waals surface area contributed by atoms with Gasteiger partial charge >= 0.3 is 0 Å². The molecular weight excluding hydrogens is 204 g/mol. The average molecular weight is 222 g/mol. The van der Waals surface area contributed by atoms with Crippen LogP contribution in [0.25, 0.3) is 0 Å². The molecule has 0 radical (unpaired) electrons. The predicted molar refractivity (Wildman–Crippen MR) is 65.2 cm³/mol. The van der Waals surface area contributed by atoms with Crippen molar-refractivity contribution in [3.05, 3.63) is 18.5 Å². The summed E-state index contributed by atoms with van der Waals surface area (Å²) in [5, 5.41) is 2.63. The Hall–Kier alpha value is -1.78. The van der Waals surface area contributed by atoms with E-state index in [1.54, 1.807) is 19.4 Å². The van der Waals surface area contributed by atoms with E-state index in [2.05, 4.69) is 10.3 Å². The molecule has 1 aromatic heterocycles. The Labute approximate surface area is 95.7 Å². The van der Waals surface area contributed by atoms with Gasteiger partial charge < -0.3 is 16.0 Å². The number of carbonyl (C=O) groups is 1. The first-order valence-electron chi connectivity index (χ1n) is 5.18. The summed E-state index contributed by atoms with van der Waals surface area (Å²) in [5.41, 5.74) is 7.18. The Morgan fingerprint density at radius 2 is 2.31 bits per heavy atom. The zero-order valence-electron chi connectivity index (χ0n) is 9.90. The molecule has 1 heterocycles. The zero-order valence-corrected chi connectivity index (χ0v) is 9.90. The van der Waals surface area contributed by atoms with Crippen LogP contribution in [0.4, 0.5) is 11.4 Å². The summed E-state index contributed by atoms with van der Waals surface area (Å²) in [4.78, 5) is 17.3. The van der Waals surface area contributed by atoms with Crippen LogP contribution >= 0.6 is 0 Å². The van der Waals surface area contributed by atoms with Gasteiger partial charge in [0.1, 0.15) is 0 Å². The smallest absolute Gasteiger partial charge is 0.224 e. The van der Waals surface area contributed by atoms with Crippen LogP contribution in [0.5, 0.6) is 0 Å². The van der Waals surface area contributed by atoms with Crippen molar-refractivity contribution in [3.8, 4) is 0 Å². The van der Waals surface area contributed by atoms with Crippen LogP contribution in [0, 0.1) is 5.92 Å². The Morgan fingerprint density at radius 1 is 1.62 bits per heavy atom. The highest BCUT2D eigenvalue weighted by molar-refractivity contribution is 5.78. The molecule has 0 aliphatic heterocycles. The molecule has 0 aliphatic rings. The van der Waals surface area contributed by atoms with E-state index in [0.29, 0.717) is 12.2 Å². The fraction of sp³-hybridized carbons (Fsp3) is 0.455. The maximum absolute atomic E-state index is 11.4. The van der Waals surface area contributed by atoms with Gasteiger partial charge in [-0.15, -0.1) is 0 Å². The third-order valence-corrected chi connectivity index (χ3v) is 2.43. The molecule has 0 aliphatic carbocycles. The van der Waals surface area contributed by atoms with Crippen molar-refractivity contribution < 1.29 is 4.79 Å². The topological polar surface area (TPSA) is 71.2 Å². The van der Waals surface area contributed by atoms with E-state index in [1.807, 2.05) is 24.9 Å². The molecule has 1 amide bonds. The van der Waals surface area contributed by atoms with E-state index >= 15 is 0 Å². The van der Waals surface area contributed by atoms with Crippen LogP contribution in [0.1, 0.15) is 6.92 Å². The van der Waals surface area contributed by atoms with Gasteiger partial charge in [0.2, 0.25) is 5.91 Å². The van der Waals surface area contributed by atoms with Crippen molar-refractivity contribution in [3.63, 3.8) is 0 Å². The number of rotatable bonds is 4. The second-order valence-corrected chi connectivity index (χ2v) is 3.87. The molecule has 5 heteroatoms. The molecule has 1 rings (SSSR count). The molecular formula is C11H18N4O. The zero-order chi connectivity index (χ0) is 12.1. The Morgan fingerprint density at radius 3 is 2.88 bits per heavy atom. The van der Waals surface area contributed by atoms with Gasteiger partial charge in [-0.05, 0) is 6.07 Å². The SMILES string of the molecule is CNC(=O)C(C)CN(C)c1cncc(N)c1. The largest absolute Gasteiger partial charge is 0.397 e. The Kier molecular flexibility index (Phi) is 4.10. The third-order valence-electron chi connectivity index (χ3n) is 2.43. The standard InChI is InChI=1S/C11H18N4O/c1-8(11(16)13-2)7-15(3)10-4-9(12)5-14-6-10/h4-6,8H,7,12H2,1-3H3,(H,13,16). The van der Waals surface area contributed by atoms with E-state index in [4.69, 9.17) is 5.73 Å². The lowest BCUT2D eigenvalue weighted by molar-refractivity contribution is -0.123. The van der Waals surface area contributed by atoms with Crippen molar-refractivity contribution in [2.24, 2.45) is 5.92 Å². The molecule has 0 spiro atoms. The van der Waals surface area contributed by atoms with Gasteiger partial charge in [0, 0.05) is 26.8 Å². The van der Waals surface area contributed by atoms with Crippen LogP contribution in [0.15, 0.2) is 18.5 Å². The summed E-state index contributed by atoms with van der Waals surface area (Å²) in [6.07, 6.45) is 3.33. The lowest BCUT2D eigenvalue weighted by Gasteiger charge is -2.22. The highest BCUT2D eigenvalue weighted by atomic mass is 16.1. The summed E-state index contributed by atoms with van der Waals surface area (Å²) in [6, 6.07) is 1.84. The fourth-order valence-corrected chi connectivity index (χ4v) is 1.50. The molecule has 3 N–H and O–H groups in total. The minimum absolute atomic E-state index is 0.0312. The second-order valence-electron chi connectivity index (χ2n) is 3.87. The van der Waals surface area contributed by atoms with Crippen molar-refractivity contribution in [2.45, 2.75) is 6.92 Å². The lowest BCUT2D eigenvalue weighted by atomic mass is 10.1. The predicted octanol–water partition coefficient (Wildman–Crippen LogP) is 0.482. The van der Waals surface area contributed by atoms with E-state index in [9.17, 15) is 4.79 Å². The van der Waals surface area contributed by atoms with Gasteiger partial charge in [0.05, 0.1) is 23.5 Å². The number of pyridine rings is 1. The summed E-state index contributed by atoms with van der Waals surface area (Å²) < 4.78 is 0. The van der Waals surface area contributed by atoms with Crippen molar-refractivity contribution >= 4 is 17.3 Å². The molecule has 88 valence electrons. The molecule has 0 bridgehead atoms. The van der Waals surface area contributed by atoms with Gasteiger partial charge in [-0.25, -0.2) is 0 Å². The minimum Gasteiger partial charge on any atom is -0.397 e. The Bertz CT molecular complexity index is 367. The van der Waals surface area contributed by atoms with Gasteiger partial charge in [-0.2, -0.15) is 0 Å². The number of nitrogens with one attached hydrogen (secondary N) is 1. The number of aromatic nitrogens is 1. The van der Waals surface area contributed by atoms with E-state index in [-0.39, 0.29) is 11.8 Å². The molecule has 1 atom stereocenters. The molecule has 0 aromatic carbocycles. The summed E-state index contributed by atoms with van der Waals surface area (Å²) in [5.74, 6) is -0.0415. The quantitative estimate of drug-likeness (QED) is 0.777. The van der Waals surface area contributed by atoms with E-state index in [0.717, 1.165) is 5.69 Å². The van der Waals surface area contributed by atoms with E-state index in [1.165, 1.54) is 0 Å². The Balaban J connectivity index is 2.65. The van der Waals surface area contributed by atoms with Crippen molar-refractivity contribution in [1.29, 1.82) is 0 Å². The highest BCUT2D eigenvalue weighted by Crippen LogP contribution is 2.15. The number of carbonyl (C=O) groups excluding carboxylic acids is 1. The summed E-state index contributed by atoms with van der Waals surface area (Å²) >= 11 is 0. The maximum atomic E-state index is 11.4. The third kappa shape index (κ3) is 3.12. The summed E-state index contributed by atoms with van der Waals surface area (Å²) in [7, 11) is 3.55. The van der Waals surface area contributed by atoms with Crippen molar-refractivity contribution in [1.82, 2.24) is 10.3 Å². The molecule has 5 nitrogen and oxygen atoms in total. The molecule has 0 saturated carbocycles. The first-order valence-corrected chi connectivity index (χ1v) is 5.18. The van der Waals surface area contributed by atoms with Gasteiger partial charge in [-0.3, -0.25) is 9.78 Å². The lowest BCUT2D eigenvalue weighted by Crippen LogP contribution is -2.34. The van der Waals surface area contributed by atoms with Crippen LogP contribution in [0.3, 0.4) is 0 Å². The highest BCUT2D eigenvalue weighted by Gasteiger charge is 2.14. The number of anilines is 2. The minimum atomic E-state index is -0.0727. The normalized spacial score (nSPS) is 11.9. The van der Waals surface area contributed by atoms with Crippen LogP contribution < -0.4 is 16.0 Å². The number of nitrogens with two attached hydrogens (primary N) is 1. The van der Waals surface area contributed by atoms with Gasteiger partial charge in [0.15, 0.2) is 0 Å². The molecule has 0 fully saturated rings. The maximum Gasteiger partial charge on any atom is 0.224 e. The van der Waals surface area contributed by atoms with Crippen LogP contribution in [-0.4, -0.2) is 31.5 Å². The molecule has 1 unspecified atom stereocenters. The number of hydrogen-bond donors (Lipinski definition) is 2. The molecule has 16 heavy (non-hydrogen) atoms. The van der Waals surface area contributed by atoms with Gasteiger partial charge in [-0.1, -0.05) is 6.92 Å². The number of nitrogen functional groups attached to an aromatic ring is 1. The number of nitrogens with zero attached hydrogens (tertiary/aromatic N) is 2. The summed E-state index contributed by atoms with van der Waals surface area (Å²) in [6.45, 7) is 2.51. The number of hydrogen-bond acceptors (Lipinski definition) is 4. The van der Waals surface area contributed by atoms with Crippen LogP contribution in [0.2, 0.25) is 0 Å². The number of amides is 1. The monoisotopic (exact) mass is 222 g/mol. The van der Waals surface area contributed by atoms with E-state index < -0.39 is 0 Å². The fourth-order valence-electron chi connectivity index (χ4n) is 1.50. The first kappa shape index (κ1) is 12.3. The average Bonchev–Trinajstić information content (AvgIpc) is 2.27. The molecule has 0 saturated heterocycles. The second kappa shape index (κ2) is 5.34. The van der Waals surface area contributed by atoms with Crippen LogP contribution in [-0.2, 0) is 4.79 Å². The van der Waals surface area contributed by atoms with Gasteiger partial charge in [0.25, 0.3) is 0 Å².